The predicted octanol–water partition coefficient (Wildman–Crippen LogP) is 3.36. The third kappa shape index (κ3) is 2.81. The molecule has 0 spiro atoms. The number of hydrogen-bond acceptors (Lipinski definition) is 3. The minimum Gasteiger partial charge on any atom is -0.357 e. The summed E-state index contributed by atoms with van der Waals surface area (Å²) < 4.78 is 0. The summed E-state index contributed by atoms with van der Waals surface area (Å²) in [5, 5.41) is 8.89. The SMILES string of the molecule is CCC1CCC(N(C)c2cccc(C#N)n2)CC1. The molecule has 0 N–H and O–H groups in total. The predicted molar refractivity (Wildman–Crippen MR) is 73.4 cm³/mol. The van der Waals surface area contributed by atoms with Crippen LogP contribution in [-0.2, 0) is 0 Å². The summed E-state index contributed by atoms with van der Waals surface area (Å²) in [6, 6.07) is 8.34. The molecule has 1 fully saturated rings. The Hall–Kier alpha value is -1.56. The van der Waals surface area contributed by atoms with Gasteiger partial charge in [0.25, 0.3) is 0 Å². The molecular formula is C15H21N3. The fraction of sp³-hybridized carbons (Fsp3) is 0.600. The molecule has 18 heavy (non-hydrogen) atoms. The van der Waals surface area contributed by atoms with E-state index in [0.717, 1.165) is 11.7 Å². The first kappa shape index (κ1) is 12.9. The van der Waals surface area contributed by atoms with Crippen LogP contribution in [0.1, 0.15) is 44.7 Å². The van der Waals surface area contributed by atoms with Gasteiger partial charge in [-0.1, -0.05) is 19.4 Å². The van der Waals surface area contributed by atoms with Gasteiger partial charge in [-0.3, -0.25) is 0 Å². The molecule has 0 saturated heterocycles. The summed E-state index contributed by atoms with van der Waals surface area (Å²) in [6.07, 6.45) is 6.44. The molecule has 3 nitrogen and oxygen atoms in total. The second kappa shape index (κ2) is 5.86. The van der Waals surface area contributed by atoms with Crippen molar-refractivity contribution in [3.63, 3.8) is 0 Å². The van der Waals surface area contributed by atoms with Gasteiger partial charge in [0.15, 0.2) is 0 Å². The maximum atomic E-state index is 8.89. The summed E-state index contributed by atoms with van der Waals surface area (Å²) in [4.78, 5) is 6.61. The molecule has 1 aliphatic rings. The van der Waals surface area contributed by atoms with E-state index in [4.69, 9.17) is 5.26 Å². The highest BCUT2D eigenvalue weighted by molar-refractivity contribution is 5.41. The van der Waals surface area contributed by atoms with Gasteiger partial charge in [0, 0.05) is 13.1 Å². The molecular weight excluding hydrogens is 222 g/mol. The minimum absolute atomic E-state index is 0.501. The minimum atomic E-state index is 0.501. The quantitative estimate of drug-likeness (QED) is 0.817. The largest absolute Gasteiger partial charge is 0.357 e. The number of rotatable bonds is 3. The highest BCUT2D eigenvalue weighted by Gasteiger charge is 2.23. The highest BCUT2D eigenvalue weighted by atomic mass is 15.2. The van der Waals surface area contributed by atoms with E-state index in [1.54, 1.807) is 6.07 Å². The smallest absolute Gasteiger partial charge is 0.142 e. The number of nitriles is 1. The first-order valence-electron chi connectivity index (χ1n) is 6.84. The van der Waals surface area contributed by atoms with Crippen molar-refractivity contribution in [1.29, 1.82) is 5.26 Å². The second-order valence-corrected chi connectivity index (χ2v) is 5.19. The molecule has 2 rings (SSSR count). The highest BCUT2D eigenvalue weighted by Crippen LogP contribution is 2.30. The van der Waals surface area contributed by atoms with E-state index in [1.807, 2.05) is 12.1 Å². The van der Waals surface area contributed by atoms with Gasteiger partial charge in [0.1, 0.15) is 17.6 Å². The molecule has 0 radical (unpaired) electrons. The number of nitrogens with zero attached hydrogens (tertiary/aromatic N) is 3. The maximum Gasteiger partial charge on any atom is 0.142 e. The molecule has 0 amide bonds. The van der Waals surface area contributed by atoms with Crippen molar-refractivity contribution in [2.75, 3.05) is 11.9 Å². The van der Waals surface area contributed by atoms with Crippen molar-refractivity contribution < 1.29 is 0 Å². The van der Waals surface area contributed by atoms with Crippen LogP contribution in [-0.4, -0.2) is 18.1 Å². The van der Waals surface area contributed by atoms with Crippen molar-refractivity contribution in [1.82, 2.24) is 4.98 Å². The maximum absolute atomic E-state index is 8.89. The van der Waals surface area contributed by atoms with Gasteiger partial charge in [-0.2, -0.15) is 5.26 Å². The van der Waals surface area contributed by atoms with Crippen LogP contribution in [0.15, 0.2) is 18.2 Å². The summed E-state index contributed by atoms with van der Waals surface area (Å²) in [5.41, 5.74) is 0.501. The number of hydrogen-bond donors (Lipinski definition) is 0. The Morgan fingerprint density at radius 3 is 2.67 bits per heavy atom. The zero-order valence-corrected chi connectivity index (χ0v) is 11.3. The van der Waals surface area contributed by atoms with Gasteiger partial charge in [-0.25, -0.2) is 4.98 Å². The Kier molecular flexibility index (Phi) is 4.19. The molecule has 1 saturated carbocycles. The van der Waals surface area contributed by atoms with Gasteiger partial charge >= 0.3 is 0 Å². The number of anilines is 1. The van der Waals surface area contributed by atoms with Crippen LogP contribution < -0.4 is 4.90 Å². The van der Waals surface area contributed by atoms with Crippen LogP contribution >= 0.6 is 0 Å². The van der Waals surface area contributed by atoms with Crippen molar-refractivity contribution >= 4 is 5.82 Å². The van der Waals surface area contributed by atoms with E-state index < -0.39 is 0 Å². The van der Waals surface area contributed by atoms with Crippen LogP contribution in [0.3, 0.4) is 0 Å². The monoisotopic (exact) mass is 243 g/mol. The Bertz CT molecular complexity index is 428. The van der Waals surface area contributed by atoms with Crippen molar-refractivity contribution in [2.24, 2.45) is 5.92 Å². The molecule has 96 valence electrons. The molecule has 3 heteroatoms. The van der Waals surface area contributed by atoms with E-state index in [1.165, 1.54) is 32.1 Å². The summed E-state index contributed by atoms with van der Waals surface area (Å²) >= 11 is 0. The molecule has 0 bridgehead atoms. The van der Waals surface area contributed by atoms with E-state index in [2.05, 4.69) is 29.9 Å². The zero-order valence-electron chi connectivity index (χ0n) is 11.3. The molecule has 1 heterocycles. The molecule has 0 unspecified atom stereocenters. The zero-order chi connectivity index (χ0) is 13.0. The fourth-order valence-electron chi connectivity index (χ4n) is 2.81. The molecule has 1 aliphatic carbocycles. The Balaban J connectivity index is 2.03. The Labute approximate surface area is 109 Å². The van der Waals surface area contributed by atoms with Crippen LogP contribution in [0.2, 0.25) is 0 Å². The van der Waals surface area contributed by atoms with Gasteiger partial charge in [-0.05, 0) is 43.7 Å². The van der Waals surface area contributed by atoms with E-state index in [0.29, 0.717) is 11.7 Å². The van der Waals surface area contributed by atoms with Gasteiger partial charge < -0.3 is 4.90 Å². The number of aromatic nitrogens is 1. The van der Waals surface area contributed by atoms with Gasteiger partial charge in [0.2, 0.25) is 0 Å². The summed E-state index contributed by atoms with van der Waals surface area (Å²) in [7, 11) is 2.10. The van der Waals surface area contributed by atoms with E-state index in [9.17, 15) is 0 Å². The standard InChI is InChI=1S/C15H21N3/c1-3-12-7-9-14(10-8-12)18(2)15-6-4-5-13(11-16)17-15/h4-6,12,14H,3,7-10H2,1-2H3. The molecule has 0 aromatic carbocycles. The van der Waals surface area contributed by atoms with Crippen LogP contribution in [0.5, 0.6) is 0 Å². The average molecular weight is 243 g/mol. The summed E-state index contributed by atoms with van der Waals surface area (Å²) in [6.45, 7) is 2.28. The fourth-order valence-corrected chi connectivity index (χ4v) is 2.81. The molecule has 1 aromatic rings. The van der Waals surface area contributed by atoms with Gasteiger partial charge in [-0.15, -0.1) is 0 Å². The molecule has 0 aliphatic heterocycles. The lowest BCUT2D eigenvalue weighted by Crippen LogP contribution is -2.35. The summed E-state index contributed by atoms with van der Waals surface area (Å²) in [5.74, 6) is 1.84. The molecule has 0 atom stereocenters. The Morgan fingerprint density at radius 2 is 2.06 bits per heavy atom. The average Bonchev–Trinajstić information content (AvgIpc) is 2.46. The van der Waals surface area contributed by atoms with E-state index in [-0.39, 0.29) is 0 Å². The van der Waals surface area contributed by atoms with Crippen LogP contribution in [0.25, 0.3) is 0 Å². The number of pyridine rings is 1. The Morgan fingerprint density at radius 1 is 1.33 bits per heavy atom. The van der Waals surface area contributed by atoms with Crippen molar-refractivity contribution in [2.45, 2.75) is 45.1 Å². The lowest BCUT2D eigenvalue weighted by molar-refractivity contribution is 0.313. The first-order chi connectivity index (χ1) is 8.74. The van der Waals surface area contributed by atoms with Crippen LogP contribution in [0, 0.1) is 17.2 Å². The lowest BCUT2D eigenvalue weighted by Gasteiger charge is -2.35. The third-order valence-electron chi connectivity index (χ3n) is 4.15. The van der Waals surface area contributed by atoms with E-state index >= 15 is 0 Å². The normalized spacial score (nSPS) is 23.4. The van der Waals surface area contributed by atoms with Crippen LogP contribution in [0.4, 0.5) is 5.82 Å². The second-order valence-electron chi connectivity index (χ2n) is 5.19. The first-order valence-corrected chi connectivity index (χ1v) is 6.84. The third-order valence-corrected chi connectivity index (χ3v) is 4.15. The molecule has 1 aromatic heterocycles. The van der Waals surface area contributed by atoms with Crippen molar-refractivity contribution in [3.8, 4) is 6.07 Å². The lowest BCUT2D eigenvalue weighted by atomic mass is 9.84. The van der Waals surface area contributed by atoms with Gasteiger partial charge in [0.05, 0.1) is 0 Å². The topological polar surface area (TPSA) is 39.9 Å². The van der Waals surface area contributed by atoms with Crippen molar-refractivity contribution in [3.05, 3.63) is 23.9 Å².